The number of aromatic nitrogens is 3. The van der Waals surface area contributed by atoms with Crippen LogP contribution >= 0.6 is 11.5 Å². The molecule has 0 spiro atoms. The third-order valence-electron chi connectivity index (χ3n) is 2.67. The zero-order valence-corrected chi connectivity index (χ0v) is 12.1. The van der Waals surface area contributed by atoms with Crippen LogP contribution in [0.1, 0.15) is 6.42 Å². The summed E-state index contributed by atoms with van der Waals surface area (Å²) in [6.45, 7) is 1.60. The predicted molar refractivity (Wildman–Crippen MR) is 75.0 cm³/mol. The number of ether oxygens (including phenoxy) is 1. The molecule has 2 aromatic rings. The summed E-state index contributed by atoms with van der Waals surface area (Å²) in [4.78, 5) is 15.8. The summed E-state index contributed by atoms with van der Waals surface area (Å²) < 4.78 is 10.7. The maximum absolute atomic E-state index is 11.7. The van der Waals surface area contributed by atoms with Crippen LogP contribution in [-0.2, 0) is 16.1 Å². The number of pyridine rings is 1. The molecule has 0 aliphatic rings. The Hall–Kier alpha value is -1.86. The van der Waals surface area contributed by atoms with E-state index in [9.17, 15) is 4.79 Å². The van der Waals surface area contributed by atoms with Gasteiger partial charge in [0.1, 0.15) is 11.3 Å². The van der Waals surface area contributed by atoms with Gasteiger partial charge in [-0.3, -0.25) is 4.79 Å². The number of amides is 1. The van der Waals surface area contributed by atoms with Gasteiger partial charge in [-0.15, -0.1) is 0 Å². The van der Waals surface area contributed by atoms with Crippen molar-refractivity contribution in [3.05, 3.63) is 30.9 Å². The lowest BCUT2D eigenvalue weighted by molar-refractivity contribution is -0.684. The zero-order chi connectivity index (χ0) is 14.2. The Labute approximate surface area is 121 Å². The first-order valence-electron chi connectivity index (χ1n) is 6.31. The number of carbonyl (C=O) groups excluding carboxylic acids is 1. The van der Waals surface area contributed by atoms with Gasteiger partial charge in [-0.2, -0.15) is 8.94 Å². The molecule has 0 aliphatic carbocycles. The summed E-state index contributed by atoms with van der Waals surface area (Å²) in [5.74, 6) is -0.00484. The van der Waals surface area contributed by atoms with Crippen LogP contribution < -0.4 is 9.88 Å². The summed E-state index contributed by atoms with van der Waals surface area (Å²) in [5.41, 5.74) is 1.00. The first kappa shape index (κ1) is 14.5. The van der Waals surface area contributed by atoms with Gasteiger partial charge in [0.15, 0.2) is 12.4 Å². The van der Waals surface area contributed by atoms with Crippen molar-refractivity contribution in [1.82, 2.24) is 14.7 Å². The zero-order valence-electron chi connectivity index (χ0n) is 11.3. The Kier molecular flexibility index (Phi) is 5.57. The van der Waals surface area contributed by atoms with Gasteiger partial charge in [0.05, 0.1) is 0 Å². The van der Waals surface area contributed by atoms with E-state index in [2.05, 4.69) is 14.7 Å². The quantitative estimate of drug-likeness (QED) is 0.601. The average Bonchev–Trinajstić information content (AvgIpc) is 2.99. The molecule has 6 nitrogen and oxygen atoms in total. The molecule has 0 saturated heterocycles. The molecule has 0 radical (unpaired) electrons. The number of hydrogen-bond acceptors (Lipinski definition) is 5. The van der Waals surface area contributed by atoms with Crippen LogP contribution in [0.4, 0.5) is 0 Å². The van der Waals surface area contributed by atoms with Gasteiger partial charge in [-0.25, -0.2) is 4.98 Å². The lowest BCUT2D eigenvalue weighted by Gasteiger charge is -2.02. The second kappa shape index (κ2) is 7.66. The Bertz CT molecular complexity index is 528. The molecular formula is C13H17N4O2S+. The molecular weight excluding hydrogens is 276 g/mol. The number of carbonyl (C=O) groups is 1. The number of rotatable bonds is 7. The van der Waals surface area contributed by atoms with Gasteiger partial charge in [0, 0.05) is 38.0 Å². The van der Waals surface area contributed by atoms with E-state index in [1.807, 2.05) is 29.1 Å². The van der Waals surface area contributed by atoms with Crippen LogP contribution in [0.5, 0.6) is 0 Å². The van der Waals surface area contributed by atoms with E-state index in [0.717, 1.165) is 17.0 Å². The molecule has 1 amide bonds. The number of methoxy groups -OCH3 is 1. The predicted octanol–water partition coefficient (Wildman–Crippen LogP) is 0.645. The summed E-state index contributed by atoms with van der Waals surface area (Å²) >= 11 is 1.35. The minimum Gasteiger partial charge on any atom is -0.385 e. The van der Waals surface area contributed by atoms with Gasteiger partial charge in [0.25, 0.3) is 5.91 Å². The summed E-state index contributed by atoms with van der Waals surface area (Å²) in [6, 6.07) is 3.86. The molecule has 0 aliphatic heterocycles. The minimum absolute atomic E-state index is 0.00484. The van der Waals surface area contributed by atoms with Gasteiger partial charge in [0.2, 0.25) is 6.54 Å². The molecule has 1 N–H and O–H groups in total. The van der Waals surface area contributed by atoms with E-state index in [4.69, 9.17) is 4.74 Å². The molecule has 0 fully saturated rings. The van der Waals surface area contributed by atoms with Crippen molar-refractivity contribution in [2.45, 2.75) is 13.0 Å². The van der Waals surface area contributed by atoms with Crippen LogP contribution in [0.15, 0.2) is 30.9 Å². The van der Waals surface area contributed by atoms with Gasteiger partial charge < -0.3 is 10.1 Å². The molecule has 0 bridgehead atoms. The summed E-state index contributed by atoms with van der Waals surface area (Å²) in [5, 5.41) is 3.72. The molecule has 2 rings (SSSR count). The Morgan fingerprint density at radius 3 is 2.90 bits per heavy atom. The maximum atomic E-state index is 11.7. The van der Waals surface area contributed by atoms with Crippen LogP contribution in [0.2, 0.25) is 0 Å². The van der Waals surface area contributed by atoms with Crippen LogP contribution in [0.3, 0.4) is 0 Å². The monoisotopic (exact) mass is 293 g/mol. The van der Waals surface area contributed by atoms with Crippen molar-refractivity contribution in [2.24, 2.45) is 0 Å². The fraction of sp³-hybridized carbons (Fsp3) is 0.385. The molecule has 2 aromatic heterocycles. The van der Waals surface area contributed by atoms with Crippen molar-refractivity contribution in [2.75, 3.05) is 20.3 Å². The normalized spacial score (nSPS) is 10.4. The first-order valence-corrected chi connectivity index (χ1v) is 7.08. The lowest BCUT2D eigenvalue weighted by atomic mass is 10.3. The van der Waals surface area contributed by atoms with Gasteiger partial charge >= 0.3 is 0 Å². The van der Waals surface area contributed by atoms with Crippen molar-refractivity contribution in [3.8, 4) is 10.6 Å². The molecule has 2 heterocycles. The van der Waals surface area contributed by atoms with Crippen molar-refractivity contribution < 1.29 is 14.1 Å². The Morgan fingerprint density at radius 1 is 1.45 bits per heavy atom. The molecule has 106 valence electrons. The van der Waals surface area contributed by atoms with E-state index >= 15 is 0 Å². The molecule has 0 unspecified atom stereocenters. The number of nitrogens with zero attached hydrogens (tertiary/aromatic N) is 3. The van der Waals surface area contributed by atoms with Gasteiger partial charge in [-0.1, -0.05) is 0 Å². The van der Waals surface area contributed by atoms with E-state index in [0.29, 0.717) is 19.7 Å². The molecule has 7 heteroatoms. The van der Waals surface area contributed by atoms with E-state index < -0.39 is 0 Å². The highest BCUT2D eigenvalue weighted by molar-refractivity contribution is 7.09. The minimum atomic E-state index is -0.00484. The topological polar surface area (TPSA) is 68.0 Å². The SMILES string of the molecule is COCCCNC(=O)C[n+]1ccc(-c2ncns2)cc1. The third-order valence-corrected chi connectivity index (χ3v) is 3.39. The van der Waals surface area contributed by atoms with Crippen molar-refractivity contribution in [3.63, 3.8) is 0 Å². The van der Waals surface area contributed by atoms with Crippen LogP contribution in [0.25, 0.3) is 10.6 Å². The lowest BCUT2D eigenvalue weighted by Crippen LogP contribution is -2.42. The second-order valence-electron chi connectivity index (χ2n) is 4.20. The Morgan fingerprint density at radius 2 is 2.25 bits per heavy atom. The smallest absolute Gasteiger partial charge is 0.285 e. The van der Waals surface area contributed by atoms with E-state index in [1.165, 1.54) is 17.9 Å². The maximum Gasteiger partial charge on any atom is 0.285 e. The summed E-state index contributed by atoms with van der Waals surface area (Å²) in [6.07, 6.45) is 6.09. The second-order valence-corrected chi connectivity index (χ2v) is 4.98. The molecule has 0 atom stereocenters. The standard InChI is InChI=1S/C13H16N4O2S/c1-19-8-2-5-14-12(18)9-17-6-3-11(4-7-17)13-15-10-16-20-13/h3-4,6-7,10H,2,5,8-9H2,1H3/p+1. The highest BCUT2D eigenvalue weighted by atomic mass is 32.1. The number of hydrogen-bond donors (Lipinski definition) is 1. The third kappa shape index (κ3) is 4.36. The fourth-order valence-corrected chi connectivity index (χ4v) is 2.20. The highest BCUT2D eigenvalue weighted by Gasteiger charge is 2.09. The van der Waals surface area contributed by atoms with Crippen LogP contribution in [-0.4, -0.2) is 35.5 Å². The average molecular weight is 293 g/mol. The van der Waals surface area contributed by atoms with E-state index in [-0.39, 0.29) is 5.91 Å². The molecule has 0 saturated carbocycles. The molecule has 20 heavy (non-hydrogen) atoms. The first-order chi connectivity index (χ1) is 9.79. The number of nitrogens with one attached hydrogen (secondary N) is 1. The van der Waals surface area contributed by atoms with E-state index in [1.54, 1.807) is 7.11 Å². The summed E-state index contributed by atoms with van der Waals surface area (Å²) in [7, 11) is 1.65. The van der Waals surface area contributed by atoms with Crippen molar-refractivity contribution in [1.29, 1.82) is 0 Å². The van der Waals surface area contributed by atoms with Crippen LogP contribution in [0, 0.1) is 0 Å². The largest absolute Gasteiger partial charge is 0.385 e. The molecule has 0 aromatic carbocycles. The Balaban J connectivity index is 1.83. The van der Waals surface area contributed by atoms with Crippen molar-refractivity contribution >= 4 is 17.4 Å². The highest BCUT2D eigenvalue weighted by Crippen LogP contribution is 2.17. The van der Waals surface area contributed by atoms with Gasteiger partial charge in [-0.05, 0) is 18.0 Å². The fourth-order valence-electron chi connectivity index (χ4n) is 1.67.